The molecule has 0 amide bonds. The molecule has 0 unspecified atom stereocenters. The van der Waals surface area contributed by atoms with Crippen molar-refractivity contribution in [2.24, 2.45) is 0 Å². The number of nitrogens with zero attached hydrogens (tertiary/aromatic N) is 1. The van der Waals surface area contributed by atoms with E-state index in [1.807, 2.05) is 24.3 Å². The highest BCUT2D eigenvalue weighted by atomic mass is 127. The Balaban J connectivity index is 0.00000361. The van der Waals surface area contributed by atoms with Crippen LogP contribution in [0.1, 0.15) is 20.3 Å². The van der Waals surface area contributed by atoms with Crippen molar-refractivity contribution in [3.05, 3.63) is 24.3 Å². The SMILES string of the molecule is COc1cccc(OCCN(CCCO)C(C)C)c1.I. The van der Waals surface area contributed by atoms with Gasteiger partial charge in [0.25, 0.3) is 0 Å². The summed E-state index contributed by atoms with van der Waals surface area (Å²) in [7, 11) is 1.65. The third kappa shape index (κ3) is 7.31. The molecule has 20 heavy (non-hydrogen) atoms. The van der Waals surface area contributed by atoms with Gasteiger partial charge in [0.05, 0.1) is 7.11 Å². The van der Waals surface area contributed by atoms with Crippen LogP contribution in [-0.4, -0.2) is 49.5 Å². The highest BCUT2D eigenvalue weighted by Crippen LogP contribution is 2.18. The van der Waals surface area contributed by atoms with Gasteiger partial charge in [0.15, 0.2) is 0 Å². The second-order valence-corrected chi connectivity index (χ2v) is 4.73. The summed E-state index contributed by atoms with van der Waals surface area (Å²) in [6.45, 7) is 6.94. The maximum absolute atomic E-state index is 8.89. The van der Waals surface area contributed by atoms with Gasteiger partial charge in [-0.25, -0.2) is 0 Å². The zero-order valence-electron chi connectivity index (χ0n) is 12.5. The van der Waals surface area contributed by atoms with Gasteiger partial charge in [0.1, 0.15) is 18.1 Å². The Morgan fingerprint density at radius 1 is 1.20 bits per heavy atom. The molecule has 0 aliphatic carbocycles. The van der Waals surface area contributed by atoms with Crippen molar-refractivity contribution in [2.45, 2.75) is 26.3 Å². The fourth-order valence-electron chi connectivity index (χ4n) is 1.87. The van der Waals surface area contributed by atoms with E-state index >= 15 is 0 Å². The average molecular weight is 395 g/mol. The van der Waals surface area contributed by atoms with Crippen LogP contribution in [0.3, 0.4) is 0 Å². The van der Waals surface area contributed by atoms with E-state index in [9.17, 15) is 0 Å². The van der Waals surface area contributed by atoms with Gasteiger partial charge in [0.2, 0.25) is 0 Å². The third-order valence-electron chi connectivity index (χ3n) is 3.02. The fourth-order valence-corrected chi connectivity index (χ4v) is 1.87. The topological polar surface area (TPSA) is 41.9 Å². The predicted molar refractivity (Wildman–Crippen MR) is 92.3 cm³/mol. The van der Waals surface area contributed by atoms with Crippen molar-refractivity contribution in [1.29, 1.82) is 0 Å². The van der Waals surface area contributed by atoms with Crippen molar-refractivity contribution in [2.75, 3.05) is 33.4 Å². The van der Waals surface area contributed by atoms with E-state index in [1.165, 1.54) is 0 Å². The van der Waals surface area contributed by atoms with Crippen molar-refractivity contribution >= 4 is 24.0 Å². The molecule has 0 fully saturated rings. The highest BCUT2D eigenvalue weighted by Gasteiger charge is 2.08. The molecular weight excluding hydrogens is 369 g/mol. The van der Waals surface area contributed by atoms with Crippen LogP contribution in [0.2, 0.25) is 0 Å². The van der Waals surface area contributed by atoms with Crippen LogP contribution in [0.5, 0.6) is 11.5 Å². The number of halogens is 1. The van der Waals surface area contributed by atoms with Gasteiger partial charge in [-0.2, -0.15) is 0 Å². The van der Waals surface area contributed by atoms with Crippen molar-refractivity contribution in [1.82, 2.24) is 4.90 Å². The Morgan fingerprint density at radius 2 is 1.90 bits per heavy atom. The average Bonchev–Trinajstić information content (AvgIpc) is 2.42. The molecule has 0 aliphatic rings. The van der Waals surface area contributed by atoms with Crippen molar-refractivity contribution in [3.63, 3.8) is 0 Å². The number of hydrogen-bond donors (Lipinski definition) is 1. The summed E-state index contributed by atoms with van der Waals surface area (Å²) in [5, 5.41) is 8.89. The van der Waals surface area contributed by atoms with Crippen LogP contribution in [0.25, 0.3) is 0 Å². The van der Waals surface area contributed by atoms with Crippen LogP contribution < -0.4 is 9.47 Å². The minimum atomic E-state index is 0. The smallest absolute Gasteiger partial charge is 0.123 e. The Kier molecular flexibility index (Phi) is 10.9. The van der Waals surface area contributed by atoms with Crippen LogP contribution in [0, 0.1) is 0 Å². The number of ether oxygens (including phenoxy) is 2. The van der Waals surface area contributed by atoms with Crippen LogP contribution >= 0.6 is 24.0 Å². The first-order chi connectivity index (χ1) is 9.17. The molecule has 0 saturated heterocycles. The molecule has 0 bridgehead atoms. The van der Waals surface area contributed by atoms with E-state index in [1.54, 1.807) is 7.11 Å². The third-order valence-corrected chi connectivity index (χ3v) is 3.02. The molecule has 0 aliphatic heterocycles. The van der Waals surface area contributed by atoms with Gasteiger partial charge in [0, 0.05) is 31.8 Å². The molecule has 0 atom stereocenters. The number of benzene rings is 1. The van der Waals surface area contributed by atoms with Crippen molar-refractivity contribution < 1.29 is 14.6 Å². The summed E-state index contributed by atoms with van der Waals surface area (Å²) in [5.74, 6) is 1.63. The Morgan fingerprint density at radius 3 is 2.50 bits per heavy atom. The van der Waals surface area contributed by atoms with E-state index in [0.717, 1.165) is 31.0 Å². The standard InChI is InChI=1S/C15H25NO3.HI/c1-13(2)16(8-5-10-17)9-11-19-15-7-4-6-14(12-15)18-3;/h4,6-7,12-13,17H,5,8-11H2,1-3H3;1H. The molecule has 1 rings (SSSR count). The first-order valence-corrected chi connectivity index (χ1v) is 6.79. The zero-order valence-corrected chi connectivity index (χ0v) is 14.9. The maximum atomic E-state index is 8.89. The Hall–Kier alpha value is -0.530. The second-order valence-electron chi connectivity index (χ2n) is 4.73. The lowest BCUT2D eigenvalue weighted by atomic mass is 10.3. The zero-order chi connectivity index (χ0) is 14.1. The lowest BCUT2D eigenvalue weighted by molar-refractivity contribution is 0.160. The maximum Gasteiger partial charge on any atom is 0.123 e. The molecule has 1 N–H and O–H groups in total. The monoisotopic (exact) mass is 395 g/mol. The molecule has 0 aromatic heterocycles. The van der Waals surface area contributed by atoms with Gasteiger partial charge in [-0.15, -0.1) is 24.0 Å². The number of rotatable bonds is 9. The number of hydrogen-bond acceptors (Lipinski definition) is 4. The Bertz CT molecular complexity index is 361. The van der Waals surface area contributed by atoms with Crippen molar-refractivity contribution in [3.8, 4) is 11.5 Å². The molecule has 0 heterocycles. The van der Waals surface area contributed by atoms with E-state index in [2.05, 4.69) is 18.7 Å². The molecule has 0 saturated carbocycles. The quantitative estimate of drug-likeness (QED) is 0.653. The van der Waals surface area contributed by atoms with E-state index in [4.69, 9.17) is 14.6 Å². The largest absolute Gasteiger partial charge is 0.497 e. The summed E-state index contributed by atoms with van der Waals surface area (Å²) in [5.41, 5.74) is 0. The molecule has 5 heteroatoms. The van der Waals surface area contributed by atoms with Gasteiger partial charge in [-0.05, 0) is 32.4 Å². The normalized spacial score (nSPS) is 10.5. The molecule has 116 valence electrons. The summed E-state index contributed by atoms with van der Waals surface area (Å²) < 4.78 is 10.9. The van der Waals surface area contributed by atoms with Crippen LogP contribution in [-0.2, 0) is 0 Å². The fraction of sp³-hybridized carbons (Fsp3) is 0.600. The summed E-state index contributed by atoms with van der Waals surface area (Å²) in [6, 6.07) is 8.08. The molecule has 4 nitrogen and oxygen atoms in total. The lowest BCUT2D eigenvalue weighted by Gasteiger charge is -2.26. The second kappa shape index (κ2) is 11.2. The first kappa shape index (κ1) is 19.5. The number of aliphatic hydroxyl groups is 1. The number of aliphatic hydroxyl groups excluding tert-OH is 1. The number of methoxy groups -OCH3 is 1. The lowest BCUT2D eigenvalue weighted by Crippen LogP contribution is -2.35. The van der Waals surface area contributed by atoms with Crippen LogP contribution in [0.15, 0.2) is 24.3 Å². The van der Waals surface area contributed by atoms with Gasteiger partial charge >= 0.3 is 0 Å². The first-order valence-electron chi connectivity index (χ1n) is 6.79. The molecular formula is C15H26INO3. The Labute approximate surface area is 139 Å². The van der Waals surface area contributed by atoms with Gasteiger partial charge in [-0.1, -0.05) is 6.07 Å². The minimum absolute atomic E-state index is 0. The van der Waals surface area contributed by atoms with E-state index in [-0.39, 0.29) is 30.6 Å². The van der Waals surface area contributed by atoms with E-state index < -0.39 is 0 Å². The minimum Gasteiger partial charge on any atom is -0.497 e. The molecule has 0 spiro atoms. The summed E-state index contributed by atoms with van der Waals surface area (Å²) in [4.78, 5) is 2.30. The summed E-state index contributed by atoms with van der Waals surface area (Å²) in [6.07, 6.45) is 0.803. The van der Waals surface area contributed by atoms with E-state index in [0.29, 0.717) is 12.6 Å². The van der Waals surface area contributed by atoms with Gasteiger partial charge in [-0.3, -0.25) is 4.90 Å². The highest BCUT2D eigenvalue weighted by molar-refractivity contribution is 14.0. The molecule has 0 radical (unpaired) electrons. The van der Waals surface area contributed by atoms with Crippen LogP contribution in [0.4, 0.5) is 0 Å². The summed E-state index contributed by atoms with van der Waals surface area (Å²) >= 11 is 0. The molecule has 1 aromatic rings. The molecule has 1 aromatic carbocycles. The predicted octanol–water partition coefficient (Wildman–Crippen LogP) is 2.78. The van der Waals surface area contributed by atoms with Gasteiger partial charge < -0.3 is 14.6 Å².